The third kappa shape index (κ3) is 6.83. The summed E-state index contributed by atoms with van der Waals surface area (Å²) in [6.45, 7) is 6.78. The van der Waals surface area contributed by atoms with Gasteiger partial charge in [0.1, 0.15) is 12.4 Å². The van der Waals surface area contributed by atoms with Crippen LogP contribution in [0.2, 0.25) is 5.02 Å². The Morgan fingerprint density at radius 2 is 1.81 bits per heavy atom. The summed E-state index contributed by atoms with van der Waals surface area (Å²) in [4.78, 5) is 31.7. The molecule has 0 bridgehead atoms. The first kappa shape index (κ1) is 26.5. The van der Waals surface area contributed by atoms with Crippen LogP contribution in [0.1, 0.15) is 30.6 Å². The van der Waals surface area contributed by atoms with E-state index >= 15 is 0 Å². The number of aromatic nitrogens is 2. The second kappa shape index (κ2) is 12.1. The van der Waals surface area contributed by atoms with Crippen molar-refractivity contribution in [2.45, 2.75) is 20.3 Å². The van der Waals surface area contributed by atoms with Gasteiger partial charge in [0.15, 0.2) is 5.82 Å². The maximum atomic E-state index is 13.7. The van der Waals surface area contributed by atoms with E-state index in [0.29, 0.717) is 36.9 Å². The second-order valence-electron chi connectivity index (χ2n) is 9.57. The first-order valence-corrected chi connectivity index (χ1v) is 12.9. The third-order valence-corrected chi connectivity index (χ3v) is 6.57. The van der Waals surface area contributed by atoms with E-state index in [2.05, 4.69) is 15.1 Å². The van der Waals surface area contributed by atoms with Gasteiger partial charge >= 0.3 is 0 Å². The van der Waals surface area contributed by atoms with E-state index in [1.807, 2.05) is 50.2 Å². The molecule has 2 amide bonds. The minimum atomic E-state index is -0.475. The van der Waals surface area contributed by atoms with E-state index in [1.54, 1.807) is 11.0 Å². The lowest BCUT2D eigenvalue weighted by molar-refractivity contribution is -0.131. The number of anilines is 1. The second-order valence-corrected chi connectivity index (χ2v) is 9.98. The minimum Gasteiger partial charge on any atom is -0.353 e. The first-order valence-electron chi connectivity index (χ1n) is 12.5. The van der Waals surface area contributed by atoms with Gasteiger partial charge in [0.25, 0.3) is 5.91 Å². The zero-order valence-electron chi connectivity index (χ0n) is 21.1. The Bertz CT molecular complexity index is 1240. The number of benzene rings is 2. The predicted molar refractivity (Wildman–Crippen MR) is 143 cm³/mol. The molecule has 1 aliphatic heterocycles. The van der Waals surface area contributed by atoms with E-state index in [1.165, 1.54) is 23.1 Å². The van der Waals surface area contributed by atoms with Gasteiger partial charge in [0, 0.05) is 43.9 Å². The van der Waals surface area contributed by atoms with Crippen LogP contribution in [0.25, 0.3) is 11.3 Å². The Balaban J connectivity index is 1.39. The van der Waals surface area contributed by atoms with E-state index in [4.69, 9.17) is 11.6 Å². The lowest BCUT2D eigenvalue weighted by Gasteiger charge is -2.28. The van der Waals surface area contributed by atoms with Crippen molar-refractivity contribution >= 4 is 29.2 Å². The molecule has 2 aromatic carbocycles. The van der Waals surface area contributed by atoms with Crippen molar-refractivity contribution in [1.29, 1.82) is 0 Å². The molecule has 2 heterocycles. The number of halogens is 2. The molecule has 0 saturated carbocycles. The van der Waals surface area contributed by atoms with Crippen molar-refractivity contribution < 1.29 is 14.0 Å². The minimum absolute atomic E-state index is 0.0418. The Kier molecular flexibility index (Phi) is 8.71. The van der Waals surface area contributed by atoms with Crippen LogP contribution in [0.3, 0.4) is 0 Å². The molecule has 0 radical (unpaired) electrons. The molecule has 3 aromatic rings. The number of carbonyl (C=O) groups is 2. The monoisotopic (exact) mass is 523 g/mol. The third-order valence-electron chi connectivity index (χ3n) is 6.24. The standard InChI is InChI=1S/C28H31ClFN5O2/c1-20(2)18-35(28(37)21-7-5-8-22(30)17-21)19-27(36)34-14-6-13-33(15-16-34)26-12-11-25(31-32-26)23-9-3-4-10-24(23)29/h3-5,7-12,17,20H,6,13-16,18-19H2,1-2H3. The van der Waals surface area contributed by atoms with Crippen LogP contribution >= 0.6 is 11.6 Å². The summed E-state index contributed by atoms with van der Waals surface area (Å²) in [5, 5.41) is 9.39. The molecule has 7 nitrogen and oxygen atoms in total. The van der Waals surface area contributed by atoms with Gasteiger partial charge in [-0.05, 0) is 48.7 Å². The lowest BCUT2D eigenvalue weighted by atomic mass is 10.1. The highest BCUT2D eigenvalue weighted by Gasteiger charge is 2.25. The molecule has 37 heavy (non-hydrogen) atoms. The van der Waals surface area contributed by atoms with Crippen LogP contribution in [0.5, 0.6) is 0 Å². The molecule has 9 heteroatoms. The molecule has 0 aliphatic carbocycles. The average molecular weight is 524 g/mol. The fourth-order valence-corrected chi connectivity index (χ4v) is 4.66. The number of amides is 2. The summed E-state index contributed by atoms with van der Waals surface area (Å²) >= 11 is 6.28. The molecule has 1 aliphatic rings. The summed E-state index contributed by atoms with van der Waals surface area (Å²) in [7, 11) is 0. The van der Waals surface area contributed by atoms with E-state index in [0.717, 1.165) is 24.3 Å². The zero-order chi connectivity index (χ0) is 26.4. The maximum absolute atomic E-state index is 13.7. The van der Waals surface area contributed by atoms with Gasteiger partial charge in [-0.25, -0.2) is 4.39 Å². The highest BCUT2D eigenvalue weighted by atomic mass is 35.5. The highest BCUT2D eigenvalue weighted by Crippen LogP contribution is 2.26. The van der Waals surface area contributed by atoms with Gasteiger partial charge in [-0.2, -0.15) is 0 Å². The summed E-state index contributed by atoms with van der Waals surface area (Å²) in [5.74, 6) is -0.0263. The van der Waals surface area contributed by atoms with E-state index in [-0.39, 0.29) is 29.8 Å². The van der Waals surface area contributed by atoms with Crippen molar-refractivity contribution in [1.82, 2.24) is 20.0 Å². The van der Waals surface area contributed by atoms with E-state index in [9.17, 15) is 14.0 Å². The molecular formula is C28H31ClFN5O2. The molecular weight excluding hydrogens is 493 g/mol. The van der Waals surface area contributed by atoms with Crippen LogP contribution in [-0.2, 0) is 4.79 Å². The largest absolute Gasteiger partial charge is 0.353 e. The van der Waals surface area contributed by atoms with Crippen molar-refractivity contribution in [2.75, 3.05) is 44.2 Å². The topological polar surface area (TPSA) is 69.6 Å². The fraction of sp³-hybridized carbons (Fsp3) is 0.357. The number of rotatable bonds is 7. The Morgan fingerprint density at radius 3 is 2.51 bits per heavy atom. The lowest BCUT2D eigenvalue weighted by Crippen LogP contribution is -2.45. The molecule has 0 atom stereocenters. The van der Waals surface area contributed by atoms with Gasteiger partial charge in [-0.3, -0.25) is 9.59 Å². The van der Waals surface area contributed by atoms with E-state index < -0.39 is 5.82 Å². The predicted octanol–water partition coefficient (Wildman–Crippen LogP) is 4.77. The SMILES string of the molecule is CC(C)CN(CC(=O)N1CCCN(c2ccc(-c3ccccc3Cl)nn2)CC1)C(=O)c1cccc(F)c1. The smallest absolute Gasteiger partial charge is 0.254 e. The van der Waals surface area contributed by atoms with Crippen molar-refractivity contribution in [2.24, 2.45) is 5.92 Å². The van der Waals surface area contributed by atoms with Gasteiger partial charge in [-0.1, -0.05) is 49.7 Å². The summed E-state index contributed by atoms with van der Waals surface area (Å²) in [6, 6.07) is 16.9. The number of hydrogen-bond donors (Lipinski definition) is 0. The van der Waals surface area contributed by atoms with Crippen LogP contribution in [0.15, 0.2) is 60.7 Å². The zero-order valence-corrected chi connectivity index (χ0v) is 21.9. The number of carbonyl (C=O) groups excluding carboxylic acids is 2. The molecule has 1 saturated heterocycles. The van der Waals surface area contributed by atoms with Gasteiger partial charge in [-0.15, -0.1) is 10.2 Å². The van der Waals surface area contributed by atoms with Crippen LogP contribution in [0.4, 0.5) is 10.2 Å². The van der Waals surface area contributed by atoms with Crippen molar-refractivity contribution in [3.63, 3.8) is 0 Å². The normalized spacial score (nSPS) is 14.0. The fourth-order valence-electron chi connectivity index (χ4n) is 4.43. The van der Waals surface area contributed by atoms with Gasteiger partial charge in [0.2, 0.25) is 5.91 Å². The van der Waals surface area contributed by atoms with Gasteiger partial charge in [0.05, 0.1) is 10.7 Å². The molecule has 0 N–H and O–H groups in total. The molecule has 194 valence electrons. The molecule has 4 rings (SSSR count). The summed E-state index contributed by atoms with van der Waals surface area (Å²) in [5.41, 5.74) is 1.78. The quantitative estimate of drug-likeness (QED) is 0.446. The van der Waals surface area contributed by atoms with Crippen molar-refractivity contribution in [3.05, 3.63) is 77.1 Å². The average Bonchev–Trinajstić information content (AvgIpc) is 3.15. The number of nitrogens with zero attached hydrogens (tertiary/aromatic N) is 5. The Hall–Kier alpha value is -3.52. The summed E-state index contributed by atoms with van der Waals surface area (Å²) in [6.07, 6.45) is 0.766. The van der Waals surface area contributed by atoms with Crippen molar-refractivity contribution in [3.8, 4) is 11.3 Å². The van der Waals surface area contributed by atoms with Gasteiger partial charge < -0.3 is 14.7 Å². The molecule has 1 aromatic heterocycles. The maximum Gasteiger partial charge on any atom is 0.254 e. The summed E-state index contributed by atoms with van der Waals surface area (Å²) < 4.78 is 13.7. The Morgan fingerprint density at radius 1 is 1.00 bits per heavy atom. The first-order chi connectivity index (χ1) is 17.8. The number of hydrogen-bond acceptors (Lipinski definition) is 5. The van der Waals surface area contributed by atoms with Crippen LogP contribution in [0, 0.1) is 11.7 Å². The Labute approximate surface area is 221 Å². The van der Waals surface area contributed by atoms with Crippen LogP contribution in [-0.4, -0.2) is 71.1 Å². The highest BCUT2D eigenvalue weighted by molar-refractivity contribution is 6.33. The molecule has 1 fully saturated rings. The van der Waals surface area contributed by atoms with Crippen LogP contribution < -0.4 is 4.90 Å². The molecule has 0 unspecified atom stereocenters. The molecule has 0 spiro atoms.